The van der Waals surface area contributed by atoms with Crippen LogP contribution < -0.4 is 0 Å². The molecule has 1 unspecified atom stereocenters. The maximum Gasteiger partial charge on any atom is 0.306 e. The van der Waals surface area contributed by atoms with E-state index in [0.717, 1.165) is 141 Å². The van der Waals surface area contributed by atoms with Gasteiger partial charge in [-0.1, -0.05) is 306 Å². The minimum atomic E-state index is -0.824. The number of carbonyl (C=O) groups is 3. The lowest BCUT2D eigenvalue weighted by atomic mass is 10.0. The highest BCUT2D eigenvalue weighted by Crippen LogP contribution is 2.16. The summed E-state index contributed by atoms with van der Waals surface area (Å²) in [4.78, 5) is 38.3. The second-order valence-corrected chi connectivity index (χ2v) is 21.6. The van der Waals surface area contributed by atoms with Gasteiger partial charge in [0.15, 0.2) is 6.10 Å². The number of carbonyl (C=O) groups excluding carboxylic acids is 3. The van der Waals surface area contributed by atoms with E-state index < -0.39 is 6.10 Å². The maximum absolute atomic E-state index is 12.9. The van der Waals surface area contributed by atoms with Gasteiger partial charge in [0, 0.05) is 19.3 Å². The van der Waals surface area contributed by atoms with Crippen LogP contribution in [-0.2, 0) is 28.6 Å². The van der Waals surface area contributed by atoms with E-state index in [1.54, 1.807) is 0 Å². The lowest BCUT2D eigenvalue weighted by molar-refractivity contribution is -0.166. The number of esters is 3. The number of rotatable bonds is 59. The van der Waals surface area contributed by atoms with Crippen molar-refractivity contribution in [1.82, 2.24) is 0 Å². The molecule has 0 radical (unpaired) electrons. The van der Waals surface area contributed by atoms with Gasteiger partial charge in [0.25, 0.3) is 0 Å². The molecule has 0 amide bonds. The molecule has 0 fully saturated rings. The summed E-state index contributed by atoms with van der Waals surface area (Å²) in [5.74, 6) is -1.02. The van der Waals surface area contributed by atoms with Gasteiger partial charge in [-0.05, 0) is 122 Å². The van der Waals surface area contributed by atoms with Crippen molar-refractivity contribution in [1.29, 1.82) is 0 Å². The zero-order valence-corrected chi connectivity index (χ0v) is 53.4. The second kappa shape index (κ2) is 69.3. The van der Waals surface area contributed by atoms with Gasteiger partial charge in [-0.2, -0.15) is 0 Å². The van der Waals surface area contributed by atoms with Crippen molar-refractivity contribution in [3.05, 3.63) is 170 Å². The first kappa shape index (κ1) is 77.8. The van der Waals surface area contributed by atoms with Crippen molar-refractivity contribution < 1.29 is 28.6 Å². The molecule has 1 atom stereocenters. The van der Waals surface area contributed by atoms with Crippen molar-refractivity contribution in [2.24, 2.45) is 0 Å². The topological polar surface area (TPSA) is 78.9 Å². The van der Waals surface area contributed by atoms with Crippen molar-refractivity contribution >= 4 is 17.9 Å². The fraction of sp³-hybridized carbons (Fsp3) is 0.597. The Kier molecular flexibility index (Phi) is 64.9. The summed E-state index contributed by atoms with van der Waals surface area (Å²) in [5, 5.41) is 0. The van der Waals surface area contributed by atoms with Gasteiger partial charge < -0.3 is 14.2 Å². The third-order valence-corrected chi connectivity index (χ3v) is 13.7. The predicted octanol–water partition coefficient (Wildman–Crippen LogP) is 23.4. The van der Waals surface area contributed by atoms with Gasteiger partial charge in [0.1, 0.15) is 13.2 Å². The van der Waals surface area contributed by atoms with Crippen molar-refractivity contribution in [2.45, 2.75) is 284 Å². The van der Waals surface area contributed by atoms with Crippen LogP contribution in [0.4, 0.5) is 0 Å². The van der Waals surface area contributed by atoms with Crippen LogP contribution in [0, 0.1) is 0 Å². The minimum Gasteiger partial charge on any atom is -0.462 e. The summed E-state index contributed by atoms with van der Waals surface area (Å²) in [6.07, 6.45) is 102. The summed E-state index contributed by atoms with van der Waals surface area (Å²) in [6, 6.07) is 0. The number of ether oxygens (including phenoxy) is 3. The summed E-state index contributed by atoms with van der Waals surface area (Å²) >= 11 is 0. The molecule has 0 aliphatic rings. The fourth-order valence-corrected chi connectivity index (χ4v) is 8.78. The first-order valence-electron chi connectivity index (χ1n) is 33.6. The molecule has 0 N–H and O–H groups in total. The van der Waals surface area contributed by atoms with E-state index in [-0.39, 0.29) is 37.5 Å². The van der Waals surface area contributed by atoms with E-state index in [0.29, 0.717) is 19.3 Å². The Labute approximate surface area is 511 Å². The van der Waals surface area contributed by atoms with E-state index in [4.69, 9.17) is 14.2 Å². The third-order valence-electron chi connectivity index (χ3n) is 13.7. The number of hydrogen-bond donors (Lipinski definition) is 0. The van der Waals surface area contributed by atoms with Crippen LogP contribution in [0.1, 0.15) is 278 Å². The molecule has 0 aliphatic carbocycles. The van der Waals surface area contributed by atoms with Crippen LogP contribution in [0.5, 0.6) is 0 Å². The molecule has 0 aliphatic heterocycles. The lowest BCUT2D eigenvalue weighted by Crippen LogP contribution is -2.30. The molecule has 6 heteroatoms. The van der Waals surface area contributed by atoms with E-state index in [1.807, 2.05) is 6.08 Å². The Morgan fingerprint density at radius 2 is 0.494 bits per heavy atom. The number of allylic oxidation sites excluding steroid dienone is 28. The van der Waals surface area contributed by atoms with E-state index in [2.05, 4.69) is 185 Å². The molecule has 0 spiro atoms. The molecule has 0 aromatic heterocycles. The first-order valence-corrected chi connectivity index (χ1v) is 33.6. The van der Waals surface area contributed by atoms with Gasteiger partial charge in [0.2, 0.25) is 0 Å². The minimum absolute atomic E-state index is 0.118. The number of unbranched alkanes of at least 4 members (excludes halogenated alkanes) is 20. The fourth-order valence-electron chi connectivity index (χ4n) is 8.78. The van der Waals surface area contributed by atoms with E-state index in [1.165, 1.54) is 89.9 Å². The zero-order valence-electron chi connectivity index (χ0n) is 53.4. The molecule has 83 heavy (non-hydrogen) atoms. The third kappa shape index (κ3) is 67.4. The van der Waals surface area contributed by atoms with Crippen molar-refractivity contribution in [3.63, 3.8) is 0 Å². The Hall–Kier alpha value is -5.23. The molecular weight excluding hydrogens is 1020 g/mol. The van der Waals surface area contributed by atoms with Crippen molar-refractivity contribution in [2.75, 3.05) is 13.2 Å². The summed E-state index contributed by atoms with van der Waals surface area (Å²) in [5.41, 5.74) is 0. The van der Waals surface area contributed by atoms with Gasteiger partial charge >= 0.3 is 17.9 Å². The highest BCUT2D eigenvalue weighted by molar-refractivity contribution is 5.71. The molecule has 0 saturated heterocycles. The smallest absolute Gasteiger partial charge is 0.306 e. The lowest BCUT2D eigenvalue weighted by Gasteiger charge is -2.18. The highest BCUT2D eigenvalue weighted by Gasteiger charge is 2.19. The molecule has 0 saturated carbocycles. The van der Waals surface area contributed by atoms with Gasteiger partial charge in [0.05, 0.1) is 0 Å². The maximum atomic E-state index is 12.9. The molecule has 0 bridgehead atoms. The summed E-state index contributed by atoms with van der Waals surface area (Å²) in [7, 11) is 0. The van der Waals surface area contributed by atoms with Gasteiger partial charge in [-0.25, -0.2) is 0 Å². The van der Waals surface area contributed by atoms with Crippen molar-refractivity contribution in [3.8, 4) is 0 Å². The second-order valence-electron chi connectivity index (χ2n) is 21.6. The average Bonchev–Trinajstić information content (AvgIpc) is 3.49. The first-order chi connectivity index (χ1) is 41.0. The van der Waals surface area contributed by atoms with Crippen LogP contribution in [0.2, 0.25) is 0 Å². The predicted molar refractivity (Wildman–Crippen MR) is 361 cm³/mol. The van der Waals surface area contributed by atoms with Crippen LogP contribution in [0.3, 0.4) is 0 Å². The zero-order chi connectivity index (χ0) is 59.9. The summed E-state index contributed by atoms with van der Waals surface area (Å²) in [6.45, 7) is 6.33. The van der Waals surface area contributed by atoms with E-state index >= 15 is 0 Å². The monoisotopic (exact) mass is 1140 g/mol. The molecule has 466 valence electrons. The van der Waals surface area contributed by atoms with E-state index in [9.17, 15) is 14.4 Å². The largest absolute Gasteiger partial charge is 0.462 e. The quantitative estimate of drug-likeness (QED) is 0.0261. The molecule has 0 aromatic rings. The van der Waals surface area contributed by atoms with Gasteiger partial charge in [-0.3, -0.25) is 14.4 Å². The number of hydrogen-bond acceptors (Lipinski definition) is 6. The van der Waals surface area contributed by atoms with Gasteiger partial charge in [-0.15, -0.1) is 0 Å². The highest BCUT2D eigenvalue weighted by atomic mass is 16.6. The standard InChI is InChI=1S/C77H122O6/c1-4-7-10-13-16-19-22-25-27-29-30-31-32-33-34-35-36-37-38-39-40-41-42-43-44-45-46-48-49-52-55-58-61-64-67-70-76(79)82-73-74(72-81-75(78)69-66-63-60-57-54-51-24-21-18-15-12-9-6-3)83-77(80)71-68-65-62-59-56-53-50-47-28-26-23-20-17-14-11-8-5-2/h7,9-10,12,16,18-19,21,25,27,30-31,33-34,36-37,39-40,42-43,45-46,49,51-52,54,60,63,74H,4-6,8,11,13-15,17,20,22-24,26,28-29,32,35,38,41,44,47-48,50,53,55-59,61-62,64-73H2,1-3H3/b10-7-,12-9-,19-16-,21-18-,27-25-,31-30-,34-33-,37-36-,40-39-,43-42-,46-45-,52-49-,54-51-,63-60-. The Balaban J connectivity index is 4.37. The van der Waals surface area contributed by atoms with Crippen LogP contribution in [0.25, 0.3) is 0 Å². The normalized spacial score (nSPS) is 13.2. The Morgan fingerprint density at radius 3 is 0.807 bits per heavy atom. The van der Waals surface area contributed by atoms with Crippen LogP contribution >= 0.6 is 0 Å². The molecule has 0 rings (SSSR count). The SMILES string of the molecule is CC/C=C\C/C=C\C/C=C\C/C=C\C/C=C\C/C=C\C/C=C\C/C=C\C/C=C\C/C=C\CCCCCCC(=O)OCC(COC(=O)CC/C=C\C/C=C\C/C=C\C/C=C\CC)OC(=O)CCCCCCCCCCCCCCCCCCC. The Bertz CT molecular complexity index is 1890. The average molecular weight is 1140 g/mol. The van der Waals surface area contributed by atoms with Crippen LogP contribution in [0.15, 0.2) is 170 Å². The molecule has 6 nitrogen and oxygen atoms in total. The summed E-state index contributed by atoms with van der Waals surface area (Å²) < 4.78 is 16.8. The molecule has 0 heterocycles. The molecule has 0 aromatic carbocycles. The van der Waals surface area contributed by atoms with Crippen LogP contribution in [-0.4, -0.2) is 37.2 Å². The molecular formula is C77H122O6. The Morgan fingerprint density at radius 1 is 0.253 bits per heavy atom.